The van der Waals surface area contributed by atoms with Crippen molar-refractivity contribution in [3.63, 3.8) is 0 Å². The van der Waals surface area contributed by atoms with Crippen molar-refractivity contribution in [2.45, 2.75) is 6.92 Å². The Balaban J connectivity index is 3.25. The first-order valence-corrected chi connectivity index (χ1v) is 3.81. The molecule has 0 saturated heterocycles. The molecule has 0 amide bonds. The molecule has 3 nitrogen and oxygen atoms in total. The molecule has 66 valence electrons. The second-order valence-corrected chi connectivity index (χ2v) is 2.64. The fraction of sp³-hybridized carbons (Fsp3) is 0.375. The van der Waals surface area contributed by atoms with Gasteiger partial charge in [0.1, 0.15) is 5.02 Å². The second kappa shape index (κ2) is 3.63. The Morgan fingerprint density at radius 2 is 2.00 bits per heavy atom. The maximum absolute atomic E-state index is 5.91. The first-order chi connectivity index (χ1) is 5.70. The minimum absolute atomic E-state index is 0.497. The summed E-state index contributed by atoms with van der Waals surface area (Å²) < 4.78 is 10.1. The summed E-state index contributed by atoms with van der Waals surface area (Å²) in [6.07, 6.45) is 1.58. The van der Waals surface area contributed by atoms with Crippen molar-refractivity contribution >= 4 is 11.6 Å². The summed E-state index contributed by atoms with van der Waals surface area (Å²) >= 11 is 5.91. The van der Waals surface area contributed by atoms with E-state index in [4.69, 9.17) is 21.1 Å². The van der Waals surface area contributed by atoms with Crippen molar-refractivity contribution in [2.75, 3.05) is 14.2 Å². The van der Waals surface area contributed by atoms with Crippen LogP contribution in [0.15, 0.2) is 6.20 Å². The molecular formula is C8H10ClNO2. The van der Waals surface area contributed by atoms with Gasteiger partial charge in [-0.15, -0.1) is 0 Å². The number of ether oxygens (including phenoxy) is 2. The van der Waals surface area contributed by atoms with E-state index >= 15 is 0 Å². The van der Waals surface area contributed by atoms with Crippen molar-refractivity contribution in [3.8, 4) is 11.5 Å². The monoisotopic (exact) mass is 187 g/mol. The van der Waals surface area contributed by atoms with Gasteiger partial charge in [0.25, 0.3) is 0 Å². The van der Waals surface area contributed by atoms with Crippen LogP contribution in [0.1, 0.15) is 5.69 Å². The van der Waals surface area contributed by atoms with Crippen LogP contribution in [0.5, 0.6) is 11.5 Å². The van der Waals surface area contributed by atoms with Gasteiger partial charge in [0, 0.05) is 0 Å². The maximum atomic E-state index is 5.91. The number of methoxy groups -OCH3 is 2. The molecule has 0 atom stereocenters. The normalized spacial score (nSPS) is 9.67. The number of hydrogen-bond acceptors (Lipinski definition) is 3. The Morgan fingerprint density at radius 1 is 1.33 bits per heavy atom. The van der Waals surface area contributed by atoms with E-state index in [9.17, 15) is 0 Å². The molecule has 1 aromatic heterocycles. The van der Waals surface area contributed by atoms with Crippen LogP contribution in [0.2, 0.25) is 5.02 Å². The smallest absolute Gasteiger partial charge is 0.182 e. The fourth-order valence-corrected chi connectivity index (χ4v) is 1.10. The number of rotatable bonds is 2. The van der Waals surface area contributed by atoms with Crippen LogP contribution >= 0.6 is 11.6 Å². The zero-order valence-electron chi connectivity index (χ0n) is 7.22. The highest BCUT2D eigenvalue weighted by atomic mass is 35.5. The molecule has 0 aliphatic carbocycles. The largest absolute Gasteiger partial charge is 0.491 e. The molecule has 1 aromatic rings. The summed E-state index contributed by atoms with van der Waals surface area (Å²) in [6, 6.07) is 0. The SMILES string of the molecule is COc1cnc(C)c(Cl)c1OC. The summed E-state index contributed by atoms with van der Waals surface area (Å²) in [5.41, 5.74) is 0.731. The van der Waals surface area contributed by atoms with Gasteiger partial charge in [0.15, 0.2) is 11.5 Å². The van der Waals surface area contributed by atoms with E-state index in [1.165, 1.54) is 0 Å². The molecule has 0 spiro atoms. The number of pyridine rings is 1. The molecule has 0 aliphatic rings. The lowest BCUT2D eigenvalue weighted by Gasteiger charge is -2.09. The average Bonchev–Trinajstić information content (AvgIpc) is 2.09. The van der Waals surface area contributed by atoms with Crippen LogP contribution < -0.4 is 9.47 Å². The van der Waals surface area contributed by atoms with Gasteiger partial charge in [-0.05, 0) is 6.92 Å². The molecule has 4 heteroatoms. The van der Waals surface area contributed by atoms with Gasteiger partial charge < -0.3 is 9.47 Å². The van der Waals surface area contributed by atoms with Gasteiger partial charge in [-0.3, -0.25) is 4.98 Å². The molecule has 0 radical (unpaired) electrons. The van der Waals surface area contributed by atoms with Crippen LogP contribution in [0, 0.1) is 6.92 Å². The first kappa shape index (κ1) is 9.13. The highest BCUT2D eigenvalue weighted by molar-refractivity contribution is 6.32. The lowest BCUT2D eigenvalue weighted by atomic mass is 10.3. The van der Waals surface area contributed by atoms with Crippen molar-refractivity contribution in [2.24, 2.45) is 0 Å². The Hall–Kier alpha value is -0.960. The zero-order chi connectivity index (χ0) is 9.14. The van der Waals surface area contributed by atoms with Crippen LogP contribution in [0.3, 0.4) is 0 Å². The molecule has 12 heavy (non-hydrogen) atoms. The third kappa shape index (κ3) is 1.46. The molecule has 0 saturated carbocycles. The summed E-state index contributed by atoms with van der Waals surface area (Å²) in [5, 5.41) is 0.497. The molecule has 0 fully saturated rings. The standard InChI is InChI=1S/C8H10ClNO2/c1-5-7(9)8(12-3)6(11-2)4-10-5/h4H,1-3H3. The Labute approximate surface area is 76.3 Å². The lowest BCUT2D eigenvalue weighted by molar-refractivity contribution is 0.353. The molecule has 0 aromatic carbocycles. The number of hydrogen-bond donors (Lipinski definition) is 0. The maximum Gasteiger partial charge on any atom is 0.182 e. The van der Waals surface area contributed by atoms with E-state index in [0.717, 1.165) is 5.69 Å². The highest BCUT2D eigenvalue weighted by Gasteiger charge is 2.10. The van der Waals surface area contributed by atoms with E-state index in [1.54, 1.807) is 20.4 Å². The minimum atomic E-state index is 0.497. The number of aromatic nitrogens is 1. The Bertz CT molecular complexity index is 289. The third-order valence-electron chi connectivity index (χ3n) is 1.54. The number of nitrogens with zero attached hydrogens (tertiary/aromatic N) is 1. The van der Waals surface area contributed by atoms with E-state index in [1.807, 2.05) is 6.92 Å². The van der Waals surface area contributed by atoms with Gasteiger partial charge >= 0.3 is 0 Å². The first-order valence-electron chi connectivity index (χ1n) is 3.43. The highest BCUT2D eigenvalue weighted by Crippen LogP contribution is 2.35. The predicted molar refractivity (Wildman–Crippen MR) is 47.1 cm³/mol. The van der Waals surface area contributed by atoms with Crippen molar-refractivity contribution in [3.05, 3.63) is 16.9 Å². The van der Waals surface area contributed by atoms with E-state index < -0.39 is 0 Å². The van der Waals surface area contributed by atoms with E-state index in [0.29, 0.717) is 16.5 Å². The van der Waals surface area contributed by atoms with Crippen molar-refractivity contribution in [1.82, 2.24) is 4.98 Å². The molecule has 0 unspecified atom stereocenters. The van der Waals surface area contributed by atoms with Gasteiger partial charge in [-0.25, -0.2) is 0 Å². The minimum Gasteiger partial charge on any atom is -0.491 e. The van der Waals surface area contributed by atoms with Gasteiger partial charge in [-0.2, -0.15) is 0 Å². The molecule has 1 rings (SSSR count). The number of halogens is 1. The number of aryl methyl sites for hydroxylation is 1. The van der Waals surface area contributed by atoms with Crippen LogP contribution in [0.4, 0.5) is 0 Å². The fourth-order valence-electron chi connectivity index (χ4n) is 0.879. The van der Waals surface area contributed by atoms with Crippen LogP contribution in [-0.2, 0) is 0 Å². The van der Waals surface area contributed by atoms with Gasteiger partial charge in [0.2, 0.25) is 0 Å². The molecule has 0 aliphatic heterocycles. The topological polar surface area (TPSA) is 31.4 Å². The molecule has 0 N–H and O–H groups in total. The van der Waals surface area contributed by atoms with E-state index in [2.05, 4.69) is 4.98 Å². The summed E-state index contributed by atoms with van der Waals surface area (Å²) in [7, 11) is 3.09. The van der Waals surface area contributed by atoms with E-state index in [-0.39, 0.29) is 0 Å². The van der Waals surface area contributed by atoms with Crippen molar-refractivity contribution in [1.29, 1.82) is 0 Å². The average molecular weight is 188 g/mol. The van der Waals surface area contributed by atoms with Gasteiger partial charge in [-0.1, -0.05) is 11.6 Å². The zero-order valence-corrected chi connectivity index (χ0v) is 7.97. The summed E-state index contributed by atoms with van der Waals surface area (Å²) in [5.74, 6) is 1.08. The summed E-state index contributed by atoms with van der Waals surface area (Å²) in [4.78, 5) is 4.02. The van der Waals surface area contributed by atoms with Crippen LogP contribution in [0.25, 0.3) is 0 Å². The quantitative estimate of drug-likeness (QED) is 0.710. The molecule has 1 heterocycles. The summed E-state index contributed by atoms with van der Waals surface area (Å²) in [6.45, 7) is 1.81. The third-order valence-corrected chi connectivity index (χ3v) is 1.99. The molecular weight excluding hydrogens is 178 g/mol. The van der Waals surface area contributed by atoms with Crippen LogP contribution in [-0.4, -0.2) is 19.2 Å². The Kier molecular flexibility index (Phi) is 2.76. The van der Waals surface area contributed by atoms with Gasteiger partial charge in [0.05, 0.1) is 26.1 Å². The lowest BCUT2D eigenvalue weighted by Crippen LogP contribution is -1.94. The van der Waals surface area contributed by atoms with Crippen molar-refractivity contribution < 1.29 is 9.47 Å². The molecule has 0 bridgehead atoms. The Morgan fingerprint density at radius 3 is 2.50 bits per heavy atom. The second-order valence-electron chi connectivity index (χ2n) is 2.26. The predicted octanol–water partition coefficient (Wildman–Crippen LogP) is 2.06.